The number of esters is 1. The van der Waals surface area contributed by atoms with Crippen LogP contribution in [0.15, 0.2) is 53.5 Å². The van der Waals surface area contributed by atoms with E-state index in [1.165, 1.54) is 47.9 Å². The van der Waals surface area contributed by atoms with Gasteiger partial charge in [-0.2, -0.15) is 0 Å². The number of rotatable bonds is 5. The zero-order chi connectivity index (χ0) is 21.0. The van der Waals surface area contributed by atoms with Crippen LogP contribution in [0.4, 0.5) is 15.8 Å². The van der Waals surface area contributed by atoms with E-state index in [0.717, 1.165) is 0 Å². The third kappa shape index (κ3) is 5.20. The molecule has 1 atom stereocenters. The van der Waals surface area contributed by atoms with Crippen molar-refractivity contribution in [2.75, 3.05) is 12.4 Å². The highest BCUT2D eigenvalue weighted by Crippen LogP contribution is 2.31. The van der Waals surface area contributed by atoms with E-state index in [0.29, 0.717) is 16.5 Å². The number of amidine groups is 1. The van der Waals surface area contributed by atoms with E-state index in [2.05, 4.69) is 10.3 Å². The first-order valence-corrected chi connectivity index (χ1v) is 9.57. The minimum atomic E-state index is -0.639. The van der Waals surface area contributed by atoms with Gasteiger partial charge >= 0.3 is 5.97 Å². The van der Waals surface area contributed by atoms with Crippen molar-refractivity contribution < 1.29 is 23.5 Å². The summed E-state index contributed by atoms with van der Waals surface area (Å²) in [7, 11) is 1.57. The van der Waals surface area contributed by atoms with Crippen molar-refractivity contribution in [3.8, 4) is 5.75 Å². The molecule has 29 heavy (non-hydrogen) atoms. The van der Waals surface area contributed by atoms with Crippen molar-refractivity contribution in [3.05, 3.63) is 54.3 Å². The van der Waals surface area contributed by atoms with Crippen LogP contribution in [-0.2, 0) is 14.4 Å². The average molecular weight is 415 g/mol. The van der Waals surface area contributed by atoms with Crippen molar-refractivity contribution in [2.24, 2.45) is 4.99 Å². The van der Waals surface area contributed by atoms with Gasteiger partial charge in [0.05, 0.1) is 11.4 Å². The van der Waals surface area contributed by atoms with Crippen molar-refractivity contribution >= 4 is 46.1 Å². The molecule has 1 aliphatic heterocycles. The molecule has 0 bridgehead atoms. The fraction of sp³-hybridized carbons (Fsp3) is 0.200. The summed E-state index contributed by atoms with van der Waals surface area (Å²) in [5, 5.41) is 2.46. The van der Waals surface area contributed by atoms with Crippen LogP contribution in [0.1, 0.15) is 13.3 Å². The summed E-state index contributed by atoms with van der Waals surface area (Å²) in [6.07, 6.45) is -0.0787. The number of ether oxygens (including phenoxy) is 1. The normalized spacial score (nSPS) is 17.5. The zero-order valence-corrected chi connectivity index (χ0v) is 16.5. The molecule has 1 fully saturated rings. The number of hydrogen-bond donors (Lipinski definition) is 1. The third-order valence-electron chi connectivity index (χ3n) is 3.98. The average Bonchev–Trinajstić information content (AvgIpc) is 2.92. The van der Waals surface area contributed by atoms with E-state index < -0.39 is 17.1 Å². The summed E-state index contributed by atoms with van der Waals surface area (Å²) in [5.74, 6) is -1.29. The Bertz CT molecular complexity index is 978. The number of hydrogen-bond acceptors (Lipinski definition) is 6. The van der Waals surface area contributed by atoms with Gasteiger partial charge in [0.15, 0.2) is 10.9 Å². The van der Waals surface area contributed by atoms with Crippen LogP contribution >= 0.6 is 11.8 Å². The summed E-state index contributed by atoms with van der Waals surface area (Å²) in [4.78, 5) is 41.8. The Labute approximate surface area is 170 Å². The van der Waals surface area contributed by atoms with Gasteiger partial charge in [0, 0.05) is 20.4 Å². The molecule has 1 aliphatic rings. The maximum absolute atomic E-state index is 13.0. The van der Waals surface area contributed by atoms with E-state index in [1.54, 1.807) is 31.3 Å². The van der Waals surface area contributed by atoms with Gasteiger partial charge in [-0.25, -0.2) is 9.38 Å². The third-order valence-corrected chi connectivity index (χ3v) is 5.21. The van der Waals surface area contributed by atoms with Crippen LogP contribution in [0.3, 0.4) is 0 Å². The minimum Gasteiger partial charge on any atom is -0.424 e. The highest BCUT2D eigenvalue weighted by atomic mass is 32.2. The number of benzene rings is 2. The second-order valence-electron chi connectivity index (χ2n) is 6.22. The van der Waals surface area contributed by atoms with E-state index in [-0.39, 0.29) is 23.9 Å². The van der Waals surface area contributed by atoms with E-state index in [1.807, 2.05) is 0 Å². The first kappa shape index (κ1) is 20.5. The lowest BCUT2D eigenvalue weighted by Gasteiger charge is -2.11. The molecule has 1 heterocycles. The maximum atomic E-state index is 13.0. The Balaban J connectivity index is 1.67. The molecular weight excluding hydrogens is 397 g/mol. The molecule has 2 aromatic rings. The number of halogens is 1. The number of nitrogens with one attached hydrogen (secondary N) is 1. The number of aliphatic imine (C=N–C) groups is 1. The van der Waals surface area contributed by atoms with Gasteiger partial charge in [-0.1, -0.05) is 23.9 Å². The molecule has 2 amide bonds. The molecule has 0 aromatic heterocycles. The Hall–Kier alpha value is -3.20. The number of carbonyl (C=O) groups excluding carboxylic acids is 3. The topological polar surface area (TPSA) is 88.1 Å². The number of anilines is 1. The van der Waals surface area contributed by atoms with Crippen molar-refractivity contribution in [1.29, 1.82) is 0 Å². The molecule has 150 valence electrons. The minimum absolute atomic E-state index is 0.0787. The molecule has 0 spiro atoms. The van der Waals surface area contributed by atoms with Crippen LogP contribution in [0.2, 0.25) is 0 Å². The number of amides is 2. The predicted molar refractivity (Wildman–Crippen MR) is 109 cm³/mol. The quantitative estimate of drug-likeness (QED) is 0.598. The standard InChI is InChI=1S/C20H18FN3O4S/c1-12(25)28-16-6-4-3-5-15(16)23-18(26)11-17-19(27)24(2)20(29-17)22-14-9-7-13(21)8-10-14/h3-10,17H,11H2,1-2H3,(H,23,26)/t17-/m1/s1. The zero-order valence-electron chi connectivity index (χ0n) is 15.7. The molecule has 2 aromatic carbocycles. The lowest BCUT2D eigenvalue weighted by Crippen LogP contribution is -2.30. The fourth-order valence-electron chi connectivity index (χ4n) is 2.61. The summed E-state index contributed by atoms with van der Waals surface area (Å²) in [6, 6.07) is 12.1. The van der Waals surface area contributed by atoms with Crippen LogP contribution in [0.5, 0.6) is 5.75 Å². The molecule has 3 rings (SSSR count). The van der Waals surface area contributed by atoms with Gasteiger partial charge in [0.2, 0.25) is 11.8 Å². The Morgan fingerprint density at radius 3 is 2.59 bits per heavy atom. The SMILES string of the molecule is CC(=O)Oc1ccccc1NC(=O)C[C@H]1SC(=Nc2ccc(F)cc2)N(C)C1=O. The molecule has 1 saturated heterocycles. The maximum Gasteiger partial charge on any atom is 0.308 e. The van der Waals surface area contributed by atoms with E-state index in [9.17, 15) is 18.8 Å². The summed E-state index contributed by atoms with van der Waals surface area (Å²) in [5.41, 5.74) is 0.852. The van der Waals surface area contributed by atoms with Gasteiger partial charge in [0.25, 0.3) is 0 Å². The Kier molecular flexibility index (Phi) is 6.28. The Morgan fingerprint density at radius 1 is 1.21 bits per heavy atom. The second kappa shape index (κ2) is 8.87. The molecule has 0 radical (unpaired) electrons. The number of thioether (sulfide) groups is 1. The number of para-hydroxylation sites is 2. The molecule has 0 unspecified atom stereocenters. The smallest absolute Gasteiger partial charge is 0.308 e. The van der Waals surface area contributed by atoms with Gasteiger partial charge in [-0.3, -0.25) is 19.3 Å². The summed E-state index contributed by atoms with van der Waals surface area (Å²) < 4.78 is 18.1. The fourth-order valence-corrected chi connectivity index (χ4v) is 3.76. The van der Waals surface area contributed by atoms with Crippen molar-refractivity contribution in [3.63, 3.8) is 0 Å². The highest BCUT2D eigenvalue weighted by Gasteiger charge is 2.37. The van der Waals surface area contributed by atoms with Crippen molar-refractivity contribution in [1.82, 2.24) is 4.90 Å². The first-order valence-electron chi connectivity index (χ1n) is 8.69. The second-order valence-corrected chi connectivity index (χ2v) is 7.39. The number of nitrogens with zero attached hydrogens (tertiary/aromatic N) is 2. The summed E-state index contributed by atoms with van der Waals surface area (Å²) >= 11 is 1.17. The van der Waals surface area contributed by atoms with Crippen LogP contribution in [0, 0.1) is 5.82 Å². The predicted octanol–water partition coefficient (Wildman–Crippen LogP) is 3.34. The molecule has 0 aliphatic carbocycles. The van der Waals surface area contributed by atoms with Crippen LogP contribution < -0.4 is 10.1 Å². The number of carbonyl (C=O) groups is 3. The molecule has 1 N–H and O–H groups in total. The monoisotopic (exact) mass is 415 g/mol. The van der Waals surface area contributed by atoms with Crippen LogP contribution in [0.25, 0.3) is 0 Å². The van der Waals surface area contributed by atoms with E-state index >= 15 is 0 Å². The molecule has 9 heteroatoms. The van der Waals surface area contributed by atoms with Gasteiger partial charge in [-0.15, -0.1) is 0 Å². The highest BCUT2D eigenvalue weighted by molar-refractivity contribution is 8.15. The van der Waals surface area contributed by atoms with Crippen LogP contribution in [-0.4, -0.2) is 40.1 Å². The summed E-state index contributed by atoms with van der Waals surface area (Å²) in [6.45, 7) is 1.27. The van der Waals surface area contributed by atoms with Gasteiger partial charge in [0.1, 0.15) is 11.1 Å². The lowest BCUT2D eigenvalue weighted by atomic mass is 10.2. The largest absolute Gasteiger partial charge is 0.424 e. The Morgan fingerprint density at radius 2 is 1.90 bits per heavy atom. The van der Waals surface area contributed by atoms with Crippen molar-refractivity contribution in [2.45, 2.75) is 18.6 Å². The van der Waals surface area contributed by atoms with Gasteiger partial charge < -0.3 is 10.1 Å². The molecule has 7 nitrogen and oxygen atoms in total. The van der Waals surface area contributed by atoms with E-state index in [4.69, 9.17) is 4.74 Å². The first-order chi connectivity index (χ1) is 13.8. The molecular formula is C20H18FN3O4S. The van der Waals surface area contributed by atoms with Gasteiger partial charge in [-0.05, 0) is 36.4 Å². The lowest BCUT2D eigenvalue weighted by molar-refractivity contribution is -0.132. The molecule has 0 saturated carbocycles.